The third-order valence-electron chi connectivity index (χ3n) is 2.17. The van der Waals surface area contributed by atoms with E-state index in [1.54, 1.807) is 0 Å². The first kappa shape index (κ1) is 11.1. The molecular weight excluding hydrogens is 234 g/mol. The number of benzene rings is 1. The van der Waals surface area contributed by atoms with Gasteiger partial charge in [-0.1, -0.05) is 0 Å². The molecule has 0 aliphatic rings. The summed E-state index contributed by atoms with van der Waals surface area (Å²) in [4.78, 5) is 23.8. The lowest BCUT2D eigenvalue weighted by molar-refractivity contribution is -0.147. The molecule has 0 bridgehead atoms. The summed E-state index contributed by atoms with van der Waals surface area (Å²) < 4.78 is 25.9. The fraction of sp³-hybridized carbons (Fsp3) is 0. The number of H-pyrrole nitrogens is 1. The lowest BCUT2D eigenvalue weighted by Crippen LogP contribution is -2.21. The van der Waals surface area contributed by atoms with Gasteiger partial charge in [-0.25, -0.2) is 13.6 Å². The number of aliphatic carboxylic acids is 1. The number of amides is 1. The van der Waals surface area contributed by atoms with Crippen LogP contribution in [-0.4, -0.2) is 22.0 Å². The molecule has 2 rings (SSSR count). The summed E-state index contributed by atoms with van der Waals surface area (Å²) in [7, 11) is 0. The zero-order valence-electron chi connectivity index (χ0n) is 8.25. The number of rotatable bonds is 1. The highest BCUT2D eigenvalue weighted by molar-refractivity contribution is 6.37. The van der Waals surface area contributed by atoms with Crippen LogP contribution in [0.3, 0.4) is 0 Å². The van der Waals surface area contributed by atoms with Crippen molar-refractivity contribution in [1.29, 1.82) is 0 Å². The monoisotopic (exact) mass is 240 g/mol. The number of halogens is 2. The van der Waals surface area contributed by atoms with E-state index in [2.05, 4.69) is 10.3 Å². The van der Waals surface area contributed by atoms with Crippen molar-refractivity contribution in [1.82, 2.24) is 4.98 Å². The second-order valence-corrected chi connectivity index (χ2v) is 3.27. The van der Waals surface area contributed by atoms with Crippen LogP contribution >= 0.6 is 0 Å². The molecular formula is C10H6F2N2O3. The van der Waals surface area contributed by atoms with Crippen LogP contribution < -0.4 is 5.32 Å². The van der Waals surface area contributed by atoms with Gasteiger partial charge in [0.2, 0.25) is 0 Å². The number of fused-ring (bicyclic) bond motifs is 1. The van der Waals surface area contributed by atoms with Gasteiger partial charge in [0.25, 0.3) is 0 Å². The van der Waals surface area contributed by atoms with E-state index in [0.717, 1.165) is 12.1 Å². The minimum absolute atomic E-state index is 0.0753. The van der Waals surface area contributed by atoms with Gasteiger partial charge >= 0.3 is 11.9 Å². The second kappa shape index (κ2) is 3.85. The average Bonchev–Trinajstić information content (AvgIpc) is 2.62. The minimum Gasteiger partial charge on any atom is -0.474 e. The van der Waals surface area contributed by atoms with Crippen LogP contribution in [0.5, 0.6) is 0 Å². The van der Waals surface area contributed by atoms with Crippen LogP contribution in [0.2, 0.25) is 0 Å². The average molecular weight is 240 g/mol. The maximum Gasteiger partial charge on any atom is 0.394 e. The van der Waals surface area contributed by atoms with Crippen molar-refractivity contribution in [2.75, 3.05) is 5.32 Å². The SMILES string of the molecule is O=C(O)C(=O)Nc1c[nH]c2cc(F)c(F)cc12. The molecule has 0 atom stereocenters. The molecule has 1 aromatic heterocycles. The number of anilines is 1. The van der Waals surface area contributed by atoms with E-state index < -0.39 is 23.5 Å². The molecule has 1 aromatic carbocycles. The van der Waals surface area contributed by atoms with Gasteiger partial charge < -0.3 is 15.4 Å². The maximum atomic E-state index is 13.0. The molecule has 3 N–H and O–H groups in total. The fourth-order valence-corrected chi connectivity index (χ4v) is 1.40. The van der Waals surface area contributed by atoms with Gasteiger partial charge in [0, 0.05) is 17.6 Å². The van der Waals surface area contributed by atoms with Crippen LogP contribution in [0.1, 0.15) is 0 Å². The van der Waals surface area contributed by atoms with Crippen molar-refractivity contribution in [3.05, 3.63) is 30.0 Å². The van der Waals surface area contributed by atoms with E-state index >= 15 is 0 Å². The third-order valence-corrected chi connectivity index (χ3v) is 2.17. The number of carboxylic acid groups (broad SMARTS) is 1. The summed E-state index contributed by atoms with van der Waals surface area (Å²) in [6.07, 6.45) is 1.25. The maximum absolute atomic E-state index is 13.0. The molecule has 1 amide bonds. The van der Waals surface area contributed by atoms with Crippen molar-refractivity contribution >= 4 is 28.5 Å². The largest absolute Gasteiger partial charge is 0.474 e. The number of carboxylic acids is 1. The first-order chi connectivity index (χ1) is 7.99. The van der Waals surface area contributed by atoms with E-state index in [1.165, 1.54) is 6.20 Å². The number of nitrogens with one attached hydrogen (secondary N) is 2. The standard InChI is InChI=1S/C10H6F2N2O3/c11-5-1-4-7(2-6(5)12)13-3-8(4)14-9(15)10(16)17/h1-3,13H,(H,14,15)(H,16,17). The molecule has 2 aromatic rings. The van der Waals surface area contributed by atoms with Gasteiger partial charge in [0.05, 0.1) is 11.2 Å². The molecule has 7 heteroatoms. The predicted molar refractivity (Wildman–Crippen MR) is 54.5 cm³/mol. The van der Waals surface area contributed by atoms with Crippen molar-refractivity contribution in [2.24, 2.45) is 0 Å². The van der Waals surface area contributed by atoms with Crippen molar-refractivity contribution in [3.63, 3.8) is 0 Å². The normalized spacial score (nSPS) is 10.5. The number of aromatic amines is 1. The van der Waals surface area contributed by atoms with E-state index in [0.29, 0.717) is 0 Å². The van der Waals surface area contributed by atoms with Crippen molar-refractivity contribution < 1.29 is 23.5 Å². The lowest BCUT2D eigenvalue weighted by Gasteiger charge is -2.00. The molecule has 0 aliphatic carbocycles. The van der Waals surface area contributed by atoms with E-state index in [9.17, 15) is 18.4 Å². The van der Waals surface area contributed by atoms with Crippen LogP contribution in [0.25, 0.3) is 10.9 Å². The van der Waals surface area contributed by atoms with Crippen LogP contribution in [0, 0.1) is 11.6 Å². The van der Waals surface area contributed by atoms with Gasteiger partial charge in [0.15, 0.2) is 11.6 Å². The highest BCUT2D eigenvalue weighted by atomic mass is 19.2. The Morgan fingerprint density at radius 3 is 2.53 bits per heavy atom. The number of aromatic nitrogens is 1. The van der Waals surface area contributed by atoms with Gasteiger partial charge in [0.1, 0.15) is 0 Å². The number of hydrogen-bond donors (Lipinski definition) is 3. The molecule has 5 nitrogen and oxygen atoms in total. The fourth-order valence-electron chi connectivity index (χ4n) is 1.40. The highest BCUT2D eigenvalue weighted by Gasteiger charge is 2.15. The van der Waals surface area contributed by atoms with Crippen molar-refractivity contribution in [3.8, 4) is 0 Å². The van der Waals surface area contributed by atoms with Gasteiger partial charge in [-0.3, -0.25) is 4.79 Å². The molecule has 0 saturated heterocycles. The minimum atomic E-state index is -1.66. The van der Waals surface area contributed by atoms with Gasteiger partial charge in [-0.15, -0.1) is 0 Å². The smallest absolute Gasteiger partial charge is 0.394 e. The Balaban J connectivity index is 2.46. The first-order valence-corrected chi connectivity index (χ1v) is 4.49. The van der Waals surface area contributed by atoms with E-state index in [1.807, 2.05) is 0 Å². The Kier molecular flexibility index (Phi) is 2.51. The summed E-state index contributed by atoms with van der Waals surface area (Å²) in [5.74, 6) is -5.03. The summed E-state index contributed by atoms with van der Waals surface area (Å²) in [5, 5.41) is 10.6. The molecule has 0 radical (unpaired) electrons. The third kappa shape index (κ3) is 1.94. The van der Waals surface area contributed by atoms with E-state index in [4.69, 9.17) is 5.11 Å². The number of carbonyl (C=O) groups excluding carboxylic acids is 1. The quantitative estimate of drug-likeness (QED) is 0.660. The van der Waals surface area contributed by atoms with Gasteiger partial charge in [-0.2, -0.15) is 0 Å². The molecule has 0 unspecified atom stereocenters. The number of carbonyl (C=O) groups is 2. The zero-order valence-corrected chi connectivity index (χ0v) is 8.25. The lowest BCUT2D eigenvalue weighted by atomic mass is 10.2. The van der Waals surface area contributed by atoms with Crippen LogP contribution in [-0.2, 0) is 9.59 Å². The van der Waals surface area contributed by atoms with Crippen LogP contribution in [0.4, 0.5) is 14.5 Å². The number of hydrogen-bond acceptors (Lipinski definition) is 2. The summed E-state index contributed by atoms with van der Waals surface area (Å²) in [6.45, 7) is 0. The summed E-state index contributed by atoms with van der Waals surface area (Å²) >= 11 is 0. The molecule has 88 valence electrons. The Labute approximate surface area is 93.1 Å². The molecule has 1 heterocycles. The second-order valence-electron chi connectivity index (χ2n) is 3.27. The highest BCUT2D eigenvalue weighted by Crippen LogP contribution is 2.25. The molecule has 0 spiro atoms. The first-order valence-electron chi connectivity index (χ1n) is 4.49. The Morgan fingerprint density at radius 2 is 1.88 bits per heavy atom. The summed E-state index contributed by atoms with van der Waals surface area (Å²) in [5.41, 5.74) is 0.330. The van der Waals surface area contributed by atoms with E-state index in [-0.39, 0.29) is 16.6 Å². The predicted octanol–water partition coefficient (Wildman–Crippen LogP) is 1.47. The molecule has 0 fully saturated rings. The van der Waals surface area contributed by atoms with Gasteiger partial charge in [-0.05, 0) is 6.07 Å². The summed E-state index contributed by atoms with van der Waals surface area (Å²) in [6, 6.07) is 1.79. The Bertz CT molecular complexity index is 621. The Morgan fingerprint density at radius 1 is 1.24 bits per heavy atom. The van der Waals surface area contributed by atoms with Crippen LogP contribution in [0.15, 0.2) is 18.3 Å². The molecule has 17 heavy (non-hydrogen) atoms. The molecule has 0 saturated carbocycles. The topological polar surface area (TPSA) is 82.2 Å². The van der Waals surface area contributed by atoms with Crippen molar-refractivity contribution in [2.45, 2.75) is 0 Å². The zero-order chi connectivity index (χ0) is 12.6. The Hall–Kier alpha value is -2.44. The molecule has 0 aliphatic heterocycles.